The van der Waals surface area contributed by atoms with Crippen LogP contribution in [0, 0.1) is 5.82 Å². The Bertz CT molecular complexity index is 1320. The number of pyridine rings is 1. The zero-order valence-corrected chi connectivity index (χ0v) is 15.4. The van der Waals surface area contributed by atoms with Crippen molar-refractivity contribution in [3.8, 4) is 22.9 Å². The number of primary amides is 1. The van der Waals surface area contributed by atoms with Gasteiger partial charge in [-0.3, -0.25) is 4.79 Å². The molecule has 0 aliphatic rings. The summed E-state index contributed by atoms with van der Waals surface area (Å²) in [6.07, 6.45) is -2.16. The second-order valence-corrected chi connectivity index (χ2v) is 6.33. The first-order chi connectivity index (χ1) is 14.6. The van der Waals surface area contributed by atoms with Gasteiger partial charge < -0.3 is 16.2 Å². The Balaban J connectivity index is 1.83. The van der Waals surface area contributed by atoms with E-state index >= 15 is 0 Å². The van der Waals surface area contributed by atoms with Gasteiger partial charge in [-0.15, -0.1) is 0 Å². The molecule has 3 heterocycles. The highest BCUT2D eigenvalue weighted by Gasteiger charge is 2.35. The van der Waals surface area contributed by atoms with Crippen LogP contribution >= 0.6 is 0 Å². The van der Waals surface area contributed by atoms with Crippen LogP contribution in [-0.4, -0.2) is 25.5 Å². The molecule has 0 fully saturated rings. The molecule has 4 N–H and O–H groups in total. The van der Waals surface area contributed by atoms with Crippen molar-refractivity contribution in [2.45, 2.75) is 6.18 Å². The second-order valence-electron chi connectivity index (χ2n) is 6.33. The summed E-state index contributed by atoms with van der Waals surface area (Å²) in [4.78, 5) is 19.7. The van der Waals surface area contributed by atoms with Crippen molar-refractivity contribution >= 4 is 17.4 Å². The zero-order chi connectivity index (χ0) is 22.3. The Kier molecular flexibility index (Phi) is 4.68. The number of rotatable bonds is 4. The van der Waals surface area contributed by atoms with Gasteiger partial charge in [0.15, 0.2) is 0 Å². The minimum atomic E-state index is -4.92. The number of fused-ring (bicyclic) bond motifs is 1. The van der Waals surface area contributed by atoms with Crippen molar-refractivity contribution in [2.75, 3.05) is 5.73 Å². The maximum atomic E-state index is 13.7. The number of anilines is 1. The highest BCUT2D eigenvalue weighted by molar-refractivity contribution is 6.05. The van der Waals surface area contributed by atoms with E-state index in [1.807, 2.05) is 0 Å². The number of carbonyl (C=O) groups excluding carboxylic acids is 1. The SMILES string of the molecule is NC(=O)c1c(-c2ccc(F)c(C(F)(F)F)c2)nn2cc(Oc3ccnc(N)n3)ccc12. The van der Waals surface area contributed by atoms with Gasteiger partial charge in [-0.1, -0.05) is 0 Å². The molecule has 8 nitrogen and oxygen atoms in total. The van der Waals surface area contributed by atoms with Crippen LogP contribution in [0.1, 0.15) is 15.9 Å². The van der Waals surface area contributed by atoms with Gasteiger partial charge in [0.05, 0.1) is 22.8 Å². The summed E-state index contributed by atoms with van der Waals surface area (Å²) in [5.41, 5.74) is 9.28. The number of nitrogens with zero attached hydrogens (tertiary/aromatic N) is 4. The van der Waals surface area contributed by atoms with Gasteiger partial charge in [-0.2, -0.15) is 23.3 Å². The van der Waals surface area contributed by atoms with Crippen LogP contribution in [0.25, 0.3) is 16.8 Å². The summed E-state index contributed by atoms with van der Waals surface area (Å²) < 4.78 is 59.7. The maximum Gasteiger partial charge on any atom is 0.419 e. The van der Waals surface area contributed by atoms with Crippen LogP contribution in [0.2, 0.25) is 0 Å². The van der Waals surface area contributed by atoms with E-state index in [9.17, 15) is 22.4 Å². The Labute approximate surface area is 171 Å². The van der Waals surface area contributed by atoms with Crippen molar-refractivity contribution in [2.24, 2.45) is 5.73 Å². The molecule has 0 saturated heterocycles. The van der Waals surface area contributed by atoms with Gasteiger partial charge >= 0.3 is 6.18 Å². The highest BCUT2D eigenvalue weighted by Crippen LogP contribution is 2.35. The normalized spacial score (nSPS) is 11.6. The van der Waals surface area contributed by atoms with Crippen molar-refractivity contribution < 1.29 is 27.1 Å². The molecule has 0 saturated carbocycles. The molecule has 0 aliphatic heterocycles. The van der Waals surface area contributed by atoms with E-state index in [0.29, 0.717) is 12.1 Å². The lowest BCUT2D eigenvalue weighted by Crippen LogP contribution is -2.12. The molecule has 1 aromatic carbocycles. The van der Waals surface area contributed by atoms with E-state index < -0.39 is 23.5 Å². The molecule has 158 valence electrons. The molecule has 1 amide bonds. The van der Waals surface area contributed by atoms with E-state index in [0.717, 1.165) is 6.07 Å². The Hall–Kier alpha value is -4.22. The molecule has 4 rings (SSSR count). The summed E-state index contributed by atoms with van der Waals surface area (Å²) in [5, 5.41) is 4.17. The topological polar surface area (TPSA) is 121 Å². The highest BCUT2D eigenvalue weighted by atomic mass is 19.4. The van der Waals surface area contributed by atoms with Crippen molar-refractivity contribution in [1.29, 1.82) is 0 Å². The third kappa shape index (κ3) is 3.82. The second kappa shape index (κ2) is 7.23. The predicted octanol–water partition coefficient (Wildman–Crippen LogP) is 3.42. The summed E-state index contributed by atoms with van der Waals surface area (Å²) in [6.45, 7) is 0. The minimum Gasteiger partial charge on any atom is -0.437 e. The lowest BCUT2D eigenvalue weighted by atomic mass is 10.0. The molecule has 0 bridgehead atoms. The maximum absolute atomic E-state index is 13.7. The summed E-state index contributed by atoms with van der Waals surface area (Å²) in [6, 6.07) is 6.70. The number of carbonyl (C=O) groups is 1. The fraction of sp³-hybridized carbons (Fsp3) is 0.0526. The van der Waals surface area contributed by atoms with E-state index in [4.69, 9.17) is 16.2 Å². The molecular formula is C19H12F4N6O2. The van der Waals surface area contributed by atoms with E-state index in [1.54, 1.807) is 0 Å². The number of ether oxygens (including phenoxy) is 1. The summed E-state index contributed by atoms with van der Waals surface area (Å²) in [5.74, 6) is -1.98. The van der Waals surface area contributed by atoms with Gasteiger partial charge in [0.1, 0.15) is 17.3 Å². The lowest BCUT2D eigenvalue weighted by Gasteiger charge is -2.09. The molecule has 0 spiro atoms. The van der Waals surface area contributed by atoms with Crippen molar-refractivity contribution in [1.82, 2.24) is 19.6 Å². The van der Waals surface area contributed by atoms with Gasteiger partial charge in [0.2, 0.25) is 11.8 Å². The fourth-order valence-electron chi connectivity index (χ4n) is 2.96. The summed E-state index contributed by atoms with van der Waals surface area (Å²) in [7, 11) is 0. The molecule has 31 heavy (non-hydrogen) atoms. The molecule has 0 aliphatic carbocycles. The van der Waals surface area contributed by atoms with Crippen LogP contribution in [0.3, 0.4) is 0 Å². The average Bonchev–Trinajstić information content (AvgIpc) is 3.06. The molecule has 0 unspecified atom stereocenters. The third-order valence-electron chi connectivity index (χ3n) is 4.27. The quantitative estimate of drug-likeness (QED) is 0.477. The number of benzene rings is 1. The van der Waals surface area contributed by atoms with Gasteiger partial charge in [0.25, 0.3) is 5.91 Å². The zero-order valence-electron chi connectivity index (χ0n) is 15.4. The molecule has 3 aromatic heterocycles. The molecule has 0 atom stereocenters. The van der Waals surface area contributed by atoms with Gasteiger partial charge in [0, 0.05) is 17.8 Å². The van der Waals surface area contributed by atoms with Crippen molar-refractivity contribution in [3.63, 3.8) is 0 Å². The molecular weight excluding hydrogens is 420 g/mol. The van der Waals surface area contributed by atoms with Crippen LogP contribution in [0.5, 0.6) is 11.6 Å². The van der Waals surface area contributed by atoms with Gasteiger partial charge in [-0.25, -0.2) is 13.9 Å². The van der Waals surface area contributed by atoms with Crippen molar-refractivity contribution in [3.05, 3.63) is 65.7 Å². The smallest absolute Gasteiger partial charge is 0.419 e. The number of nitrogens with two attached hydrogens (primary N) is 2. The Morgan fingerprint density at radius 1 is 1.13 bits per heavy atom. The third-order valence-corrected chi connectivity index (χ3v) is 4.27. The number of alkyl halides is 3. The number of hydrogen-bond donors (Lipinski definition) is 2. The monoisotopic (exact) mass is 432 g/mol. The Morgan fingerprint density at radius 2 is 1.90 bits per heavy atom. The van der Waals surface area contributed by atoms with Crippen LogP contribution in [-0.2, 0) is 6.18 Å². The molecule has 0 radical (unpaired) electrons. The summed E-state index contributed by atoms with van der Waals surface area (Å²) >= 11 is 0. The largest absolute Gasteiger partial charge is 0.437 e. The van der Waals surface area contributed by atoms with Gasteiger partial charge in [-0.05, 0) is 30.3 Å². The lowest BCUT2D eigenvalue weighted by molar-refractivity contribution is -0.139. The first-order valence-electron chi connectivity index (χ1n) is 8.59. The Morgan fingerprint density at radius 3 is 2.58 bits per heavy atom. The predicted molar refractivity (Wildman–Crippen MR) is 101 cm³/mol. The van der Waals surface area contributed by atoms with Crippen LogP contribution in [0.4, 0.5) is 23.5 Å². The van der Waals surface area contributed by atoms with E-state index in [-0.39, 0.29) is 39.9 Å². The first-order valence-corrected chi connectivity index (χ1v) is 8.59. The number of nitrogen functional groups attached to an aromatic ring is 1. The van der Waals surface area contributed by atoms with E-state index in [1.165, 1.54) is 35.1 Å². The molecule has 12 heteroatoms. The van der Waals surface area contributed by atoms with Crippen LogP contribution in [0.15, 0.2) is 48.8 Å². The van der Waals surface area contributed by atoms with Crippen LogP contribution < -0.4 is 16.2 Å². The number of amides is 1. The first kappa shape index (κ1) is 20.1. The standard InChI is InChI=1S/C19H12F4N6O2/c20-12-3-1-9(7-11(12)19(21,22)23)16-15(17(24)30)13-4-2-10(8-29(13)28-16)31-14-5-6-26-18(25)27-14/h1-8H,(H2,24,30)(H2,25,26,27). The minimum absolute atomic E-state index is 0.00672. The fourth-order valence-corrected chi connectivity index (χ4v) is 2.96. The molecule has 4 aromatic rings. The number of halogens is 4. The average molecular weight is 432 g/mol. The van der Waals surface area contributed by atoms with E-state index in [2.05, 4.69) is 15.1 Å². The number of aromatic nitrogens is 4. The number of hydrogen-bond acceptors (Lipinski definition) is 6.